The zero-order valence-corrected chi connectivity index (χ0v) is 28.0. The highest BCUT2D eigenvalue weighted by atomic mass is 32.1. The third-order valence-electron chi connectivity index (χ3n) is 9.47. The third-order valence-corrected chi connectivity index (χ3v) is 11.7. The number of nitrogens with zero attached hydrogens (tertiary/aromatic N) is 2. The first-order valence-corrected chi connectivity index (χ1v) is 18.1. The van der Waals surface area contributed by atoms with Gasteiger partial charge < -0.3 is 4.90 Å². The molecule has 0 bridgehead atoms. The molecule has 0 spiro atoms. The highest BCUT2D eigenvalue weighted by molar-refractivity contribution is 7.26. The van der Waals surface area contributed by atoms with Crippen LogP contribution in [0.5, 0.6) is 0 Å². The lowest BCUT2D eigenvalue weighted by Gasteiger charge is -2.27. The second kappa shape index (κ2) is 11.4. The average molecular weight is 661 g/mol. The molecule has 10 aromatic rings. The van der Waals surface area contributed by atoms with E-state index in [9.17, 15) is 0 Å². The Morgan fingerprint density at radius 2 is 1.10 bits per heavy atom. The van der Waals surface area contributed by atoms with Crippen molar-refractivity contribution in [1.29, 1.82) is 0 Å². The minimum atomic E-state index is 1.05. The van der Waals surface area contributed by atoms with Crippen molar-refractivity contribution in [3.8, 4) is 21.7 Å². The van der Waals surface area contributed by atoms with E-state index in [0.717, 1.165) is 27.5 Å². The van der Waals surface area contributed by atoms with Crippen LogP contribution in [0.1, 0.15) is 0 Å². The van der Waals surface area contributed by atoms with E-state index in [0.29, 0.717) is 0 Å². The van der Waals surface area contributed by atoms with Crippen molar-refractivity contribution < 1.29 is 0 Å². The minimum Gasteiger partial charge on any atom is -0.310 e. The fourth-order valence-electron chi connectivity index (χ4n) is 7.17. The van der Waals surface area contributed by atoms with Crippen LogP contribution in [0, 0.1) is 0 Å². The molecule has 0 aliphatic rings. The van der Waals surface area contributed by atoms with Crippen LogP contribution < -0.4 is 4.90 Å². The molecule has 4 heteroatoms. The van der Waals surface area contributed by atoms with Crippen LogP contribution in [0.2, 0.25) is 0 Å². The zero-order chi connectivity index (χ0) is 32.3. The summed E-state index contributed by atoms with van der Waals surface area (Å²) in [4.78, 5) is 7.49. The highest BCUT2D eigenvalue weighted by Crippen LogP contribution is 2.46. The lowest BCUT2D eigenvalue weighted by Crippen LogP contribution is -2.10. The first-order chi connectivity index (χ1) is 24.3. The molecule has 2 aromatic heterocycles. The molecule has 10 rings (SSSR count). The number of thiophene rings is 1. The summed E-state index contributed by atoms with van der Waals surface area (Å²) in [5, 5.41) is 8.59. The van der Waals surface area contributed by atoms with Gasteiger partial charge >= 0.3 is 0 Å². The molecule has 230 valence electrons. The fraction of sp³-hybridized carbons (Fsp3) is 0. The van der Waals surface area contributed by atoms with Crippen molar-refractivity contribution in [2.24, 2.45) is 0 Å². The Labute approximate surface area is 291 Å². The van der Waals surface area contributed by atoms with Gasteiger partial charge in [-0.2, -0.15) is 0 Å². The predicted octanol–water partition coefficient (Wildman–Crippen LogP) is 13.8. The van der Waals surface area contributed by atoms with Crippen molar-refractivity contribution in [3.63, 3.8) is 0 Å². The Kier molecular flexibility index (Phi) is 6.57. The molecule has 0 N–H and O–H groups in total. The Morgan fingerprint density at radius 3 is 1.94 bits per heavy atom. The molecule has 0 aliphatic heterocycles. The summed E-state index contributed by atoms with van der Waals surface area (Å²) < 4.78 is 3.83. The molecule has 0 unspecified atom stereocenters. The van der Waals surface area contributed by atoms with Gasteiger partial charge in [-0.1, -0.05) is 121 Å². The molecule has 0 atom stereocenters. The molecule has 0 saturated carbocycles. The quantitative estimate of drug-likeness (QED) is 0.171. The molecule has 0 radical (unpaired) electrons. The summed E-state index contributed by atoms with van der Waals surface area (Å²) >= 11 is 3.64. The summed E-state index contributed by atoms with van der Waals surface area (Å²) in [6.07, 6.45) is 0. The molecule has 0 amide bonds. The van der Waals surface area contributed by atoms with Crippen molar-refractivity contribution in [2.45, 2.75) is 0 Å². The number of anilines is 3. The van der Waals surface area contributed by atoms with Crippen molar-refractivity contribution in [2.75, 3.05) is 4.90 Å². The van der Waals surface area contributed by atoms with Gasteiger partial charge in [0.15, 0.2) is 0 Å². The van der Waals surface area contributed by atoms with Gasteiger partial charge in [-0.25, -0.2) is 4.98 Å². The molecule has 0 fully saturated rings. The van der Waals surface area contributed by atoms with Crippen LogP contribution in [-0.2, 0) is 0 Å². The average Bonchev–Trinajstić information content (AvgIpc) is 3.78. The number of thiazole rings is 1. The van der Waals surface area contributed by atoms with Crippen LogP contribution in [-0.4, -0.2) is 4.98 Å². The topological polar surface area (TPSA) is 16.1 Å². The van der Waals surface area contributed by atoms with Gasteiger partial charge in [0.1, 0.15) is 5.01 Å². The number of aromatic nitrogens is 1. The Balaban J connectivity index is 1.18. The molecular weight excluding hydrogens is 633 g/mol. The van der Waals surface area contributed by atoms with E-state index in [1.54, 1.807) is 11.3 Å². The van der Waals surface area contributed by atoms with E-state index >= 15 is 0 Å². The van der Waals surface area contributed by atoms with Crippen LogP contribution in [0.3, 0.4) is 0 Å². The third kappa shape index (κ3) is 4.72. The van der Waals surface area contributed by atoms with Crippen LogP contribution >= 0.6 is 22.7 Å². The summed E-state index contributed by atoms with van der Waals surface area (Å²) in [5.74, 6) is 0. The zero-order valence-electron chi connectivity index (χ0n) is 26.4. The van der Waals surface area contributed by atoms with Gasteiger partial charge in [0.25, 0.3) is 0 Å². The fourth-order valence-corrected chi connectivity index (χ4v) is 9.43. The van der Waals surface area contributed by atoms with E-state index < -0.39 is 0 Å². The molecular formula is C45H28N2S2. The number of hydrogen-bond donors (Lipinski definition) is 0. The van der Waals surface area contributed by atoms with Gasteiger partial charge in [-0.05, 0) is 75.8 Å². The maximum absolute atomic E-state index is 5.05. The normalized spacial score (nSPS) is 11.7. The summed E-state index contributed by atoms with van der Waals surface area (Å²) in [5.41, 5.74) is 8.06. The monoisotopic (exact) mass is 660 g/mol. The molecule has 0 saturated heterocycles. The number of rotatable bonds is 5. The van der Waals surface area contributed by atoms with Crippen molar-refractivity contribution in [1.82, 2.24) is 4.98 Å². The largest absolute Gasteiger partial charge is 0.310 e. The van der Waals surface area contributed by atoms with E-state index in [4.69, 9.17) is 4.98 Å². The summed E-state index contributed by atoms with van der Waals surface area (Å²) in [6.45, 7) is 0. The van der Waals surface area contributed by atoms with Gasteiger partial charge in [0.2, 0.25) is 0 Å². The maximum Gasteiger partial charge on any atom is 0.124 e. The maximum atomic E-state index is 5.05. The van der Waals surface area contributed by atoms with E-state index in [1.165, 1.54) is 63.2 Å². The Morgan fingerprint density at radius 1 is 0.429 bits per heavy atom. The van der Waals surface area contributed by atoms with Crippen molar-refractivity contribution >= 4 is 91.7 Å². The first-order valence-electron chi connectivity index (χ1n) is 16.5. The molecule has 0 aliphatic carbocycles. The summed E-state index contributed by atoms with van der Waals surface area (Å²) in [7, 11) is 0. The lowest BCUT2D eigenvalue weighted by molar-refractivity contribution is 1.31. The van der Waals surface area contributed by atoms with Crippen LogP contribution in [0.25, 0.3) is 73.6 Å². The SMILES string of the molecule is c1ccc(-c2ccc(N(c3ccc4c(ccc5ccc6nc(-c7ccccc7)sc6c54)c3)c3cccc4sc5ccccc5c34)cc2)cc1. The first kappa shape index (κ1) is 28.2. The van der Waals surface area contributed by atoms with E-state index in [2.05, 4.69) is 175 Å². The Bertz CT molecular complexity index is 2820. The van der Waals surface area contributed by atoms with Gasteiger partial charge in [0, 0.05) is 42.5 Å². The van der Waals surface area contributed by atoms with Crippen LogP contribution in [0.15, 0.2) is 170 Å². The van der Waals surface area contributed by atoms with Gasteiger partial charge in [-0.15, -0.1) is 22.7 Å². The standard InChI is InChI=1S/C45H28N2S2/c1-3-10-29(11-4-1)30-20-23-34(24-21-30)47(39-15-9-17-41-43(39)37-14-7-8-16-40(37)48-41)35-25-26-36-33(28-35)19-18-31-22-27-38-44(42(31)36)49-45(46-38)32-12-5-2-6-13-32/h1-28H. The molecule has 8 aromatic carbocycles. The van der Waals surface area contributed by atoms with Gasteiger partial charge in [0.05, 0.1) is 15.9 Å². The second-order valence-electron chi connectivity index (χ2n) is 12.4. The molecule has 2 nitrogen and oxygen atoms in total. The lowest BCUT2D eigenvalue weighted by atomic mass is 10.00. The second-order valence-corrected chi connectivity index (χ2v) is 14.4. The van der Waals surface area contributed by atoms with Crippen molar-refractivity contribution in [3.05, 3.63) is 170 Å². The van der Waals surface area contributed by atoms with Gasteiger partial charge in [-0.3, -0.25) is 0 Å². The Hall–Kier alpha value is -5.81. The molecule has 2 heterocycles. The predicted molar refractivity (Wildman–Crippen MR) is 213 cm³/mol. The minimum absolute atomic E-state index is 1.05. The number of hydrogen-bond acceptors (Lipinski definition) is 4. The van der Waals surface area contributed by atoms with Crippen LogP contribution in [0.4, 0.5) is 17.1 Å². The van der Waals surface area contributed by atoms with E-state index in [1.807, 2.05) is 11.3 Å². The molecule has 49 heavy (non-hydrogen) atoms. The number of fused-ring (bicyclic) bond motifs is 8. The smallest absolute Gasteiger partial charge is 0.124 e. The van der Waals surface area contributed by atoms with E-state index in [-0.39, 0.29) is 0 Å². The summed E-state index contributed by atoms with van der Waals surface area (Å²) in [6, 6.07) is 61.4. The highest BCUT2D eigenvalue weighted by Gasteiger charge is 2.20. The number of benzene rings is 8.